The van der Waals surface area contributed by atoms with Crippen LogP contribution in [-0.4, -0.2) is 43.5 Å². The van der Waals surface area contributed by atoms with Gasteiger partial charge in [0.1, 0.15) is 6.04 Å². The van der Waals surface area contributed by atoms with E-state index in [1.165, 1.54) is 26.2 Å². The molecule has 146 valence electrons. The summed E-state index contributed by atoms with van der Waals surface area (Å²) in [6, 6.07) is 13.7. The third kappa shape index (κ3) is 5.66. The summed E-state index contributed by atoms with van der Waals surface area (Å²) in [5, 5.41) is 4.98. The predicted molar refractivity (Wildman–Crippen MR) is 101 cm³/mol. The minimum Gasteiger partial charge on any atom is -0.465 e. The predicted octanol–water partition coefficient (Wildman–Crippen LogP) is 1.77. The number of anilines is 1. The largest absolute Gasteiger partial charge is 0.465 e. The molecule has 0 fully saturated rings. The number of nitrogens with one attached hydrogen (secondary N) is 2. The van der Waals surface area contributed by atoms with E-state index >= 15 is 0 Å². The number of hydrogen-bond acceptors (Lipinski definition) is 6. The van der Waals surface area contributed by atoms with E-state index in [0.717, 1.165) is 0 Å². The fraction of sp³-hybridized carbons (Fsp3) is 0.200. The van der Waals surface area contributed by atoms with Gasteiger partial charge in [-0.1, -0.05) is 30.3 Å². The molecular formula is C20H20N2O6. The van der Waals surface area contributed by atoms with Crippen molar-refractivity contribution in [1.82, 2.24) is 5.32 Å². The number of esters is 2. The molecule has 0 heterocycles. The first kappa shape index (κ1) is 20.6. The van der Waals surface area contributed by atoms with Gasteiger partial charge in [-0.05, 0) is 31.2 Å². The zero-order chi connectivity index (χ0) is 20.5. The van der Waals surface area contributed by atoms with Crippen molar-refractivity contribution < 1.29 is 28.7 Å². The summed E-state index contributed by atoms with van der Waals surface area (Å²) in [5.41, 5.74) is 0.813. The van der Waals surface area contributed by atoms with Crippen LogP contribution >= 0.6 is 0 Å². The van der Waals surface area contributed by atoms with Crippen LogP contribution in [0.2, 0.25) is 0 Å². The minimum absolute atomic E-state index is 0.174. The average Bonchev–Trinajstić information content (AvgIpc) is 2.72. The molecule has 0 unspecified atom stereocenters. The molecule has 0 aliphatic heterocycles. The Morgan fingerprint density at radius 1 is 0.964 bits per heavy atom. The Balaban J connectivity index is 1.86. The van der Waals surface area contributed by atoms with Gasteiger partial charge in [0.25, 0.3) is 11.8 Å². The summed E-state index contributed by atoms with van der Waals surface area (Å²) in [6.45, 7) is 0.882. The summed E-state index contributed by atoms with van der Waals surface area (Å²) in [6.07, 6.45) is 0. The van der Waals surface area contributed by atoms with Crippen LogP contribution in [0.3, 0.4) is 0 Å². The number of carbonyl (C=O) groups excluding carboxylic acids is 4. The van der Waals surface area contributed by atoms with Gasteiger partial charge >= 0.3 is 11.9 Å². The van der Waals surface area contributed by atoms with Gasteiger partial charge in [-0.2, -0.15) is 0 Å². The molecule has 2 aromatic rings. The van der Waals surface area contributed by atoms with Crippen LogP contribution in [-0.2, 0) is 19.1 Å². The van der Waals surface area contributed by atoms with Gasteiger partial charge in [0, 0.05) is 5.56 Å². The Morgan fingerprint density at radius 2 is 1.61 bits per heavy atom. The van der Waals surface area contributed by atoms with Crippen molar-refractivity contribution >= 4 is 29.4 Å². The molecule has 8 nitrogen and oxygen atoms in total. The van der Waals surface area contributed by atoms with E-state index in [-0.39, 0.29) is 11.3 Å². The van der Waals surface area contributed by atoms with Gasteiger partial charge in [0.15, 0.2) is 6.61 Å². The highest BCUT2D eigenvalue weighted by Crippen LogP contribution is 2.15. The van der Waals surface area contributed by atoms with Crippen LogP contribution in [0, 0.1) is 0 Å². The van der Waals surface area contributed by atoms with Crippen molar-refractivity contribution in [3.8, 4) is 0 Å². The molecule has 28 heavy (non-hydrogen) atoms. The number of carbonyl (C=O) groups is 4. The maximum absolute atomic E-state index is 12.0. The minimum atomic E-state index is -0.942. The Hall–Kier alpha value is -3.68. The zero-order valence-electron chi connectivity index (χ0n) is 15.4. The normalized spacial score (nSPS) is 11.1. The second-order valence-electron chi connectivity index (χ2n) is 5.75. The number of hydrogen-bond donors (Lipinski definition) is 2. The molecule has 0 aliphatic rings. The number of amides is 2. The van der Waals surface area contributed by atoms with Gasteiger partial charge in [-0.3, -0.25) is 9.59 Å². The number of para-hydroxylation sites is 1. The monoisotopic (exact) mass is 384 g/mol. The molecule has 8 heteroatoms. The van der Waals surface area contributed by atoms with Crippen molar-refractivity contribution in [1.29, 1.82) is 0 Å². The van der Waals surface area contributed by atoms with Crippen molar-refractivity contribution in [2.24, 2.45) is 0 Å². The molecule has 0 bridgehead atoms. The Bertz CT molecular complexity index is 866. The summed E-state index contributed by atoms with van der Waals surface area (Å²) in [7, 11) is 1.23. The molecule has 0 spiro atoms. The quantitative estimate of drug-likeness (QED) is 0.704. The molecule has 0 radical (unpaired) electrons. The second kappa shape index (κ2) is 9.86. The topological polar surface area (TPSA) is 111 Å². The van der Waals surface area contributed by atoms with E-state index in [2.05, 4.69) is 15.4 Å². The summed E-state index contributed by atoms with van der Waals surface area (Å²) in [5.74, 6) is -2.43. The third-order valence-corrected chi connectivity index (χ3v) is 3.69. The first-order valence-corrected chi connectivity index (χ1v) is 8.42. The number of methoxy groups -OCH3 is 1. The lowest BCUT2D eigenvalue weighted by Crippen LogP contribution is -2.40. The highest BCUT2D eigenvalue weighted by Gasteiger charge is 2.20. The third-order valence-electron chi connectivity index (χ3n) is 3.69. The summed E-state index contributed by atoms with van der Waals surface area (Å²) < 4.78 is 9.57. The SMILES string of the molecule is COC(=O)c1ccccc1NC(=O)COC(=O)[C@H](C)NC(=O)c1ccccc1. The van der Waals surface area contributed by atoms with Gasteiger partial charge in [-0.15, -0.1) is 0 Å². The standard InChI is InChI=1S/C20H20N2O6/c1-13(21-18(24)14-8-4-3-5-9-14)19(25)28-12-17(23)22-16-11-7-6-10-15(16)20(26)27-2/h3-11,13H,12H2,1-2H3,(H,21,24)(H,22,23)/t13-/m0/s1. The lowest BCUT2D eigenvalue weighted by molar-refractivity contribution is -0.148. The molecule has 0 saturated heterocycles. The van der Waals surface area contributed by atoms with Crippen molar-refractivity contribution in [2.75, 3.05) is 19.0 Å². The molecule has 1 atom stereocenters. The van der Waals surface area contributed by atoms with Crippen molar-refractivity contribution in [2.45, 2.75) is 13.0 Å². The zero-order valence-corrected chi connectivity index (χ0v) is 15.4. The maximum atomic E-state index is 12.0. The molecule has 2 amide bonds. The highest BCUT2D eigenvalue weighted by atomic mass is 16.5. The Labute approximate surface area is 161 Å². The molecule has 0 aromatic heterocycles. The van der Waals surface area contributed by atoms with Crippen molar-refractivity contribution in [3.63, 3.8) is 0 Å². The van der Waals surface area contributed by atoms with Crippen LogP contribution < -0.4 is 10.6 Å². The van der Waals surface area contributed by atoms with Crippen molar-refractivity contribution in [3.05, 3.63) is 65.7 Å². The van der Waals surface area contributed by atoms with E-state index in [4.69, 9.17) is 4.74 Å². The molecule has 0 aliphatic carbocycles. The lowest BCUT2D eigenvalue weighted by atomic mass is 10.2. The van der Waals surface area contributed by atoms with E-state index in [9.17, 15) is 19.2 Å². The highest BCUT2D eigenvalue weighted by molar-refractivity contribution is 6.02. The number of rotatable bonds is 7. The number of ether oxygens (including phenoxy) is 2. The van der Waals surface area contributed by atoms with Crippen LogP contribution in [0.25, 0.3) is 0 Å². The van der Waals surface area contributed by atoms with Crippen LogP contribution in [0.15, 0.2) is 54.6 Å². The average molecular weight is 384 g/mol. The van der Waals surface area contributed by atoms with Gasteiger partial charge in [-0.25, -0.2) is 9.59 Å². The van der Waals surface area contributed by atoms with Gasteiger partial charge in [0.05, 0.1) is 18.4 Å². The molecular weight excluding hydrogens is 364 g/mol. The van der Waals surface area contributed by atoms with Gasteiger partial charge < -0.3 is 20.1 Å². The summed E-state index contributed by atoms with van der Waals surface area (Å²) in [4.78, 5) is 47.7. The van der Waals surface area contributed by atoms with Crippen LogP contribution in [0.4, 0.5) is 5.69 Å². The number of benzene rings is 2. The first-order valence-electron chi connectivity index (χ1n) is 8.42. The van der Waals surface area contributed by atoms with Crippen LogP contribution in [0.5, 0.6) is 0 Å². The first-order chi connectivity index (χ1) is 13.4. The molecule has 0 saturated carbocycles. The maximum Gasteiger partial charge on any atom is 0.339 e. The smallest absolute Gasteiger partial charge is 0.339 e. The molecule has 2 N–H and O–H groups in total. The Morgan fingerprint density at radius 3 is 2.29 bits per heavy atom. The van der Waals surface area contributed by atoms with E-state index in [0.29, 0.717) is 5.56 Å². The second-order valence-corrected chi connectivity index (χ2v) is 5.75. The van der Waals surface area contributed by atoms with Crippen LogP contribution in [0.1, 0.15) is 27.6 Å². The van der Waals surface area contributed by atoms with E-state index in [1.807, 2.05) is 0 Å². The fourth-order valence-corrected chi connectivity index (χ4v) is 2.26. The summed E-state index contributed by atoms with van der Waals surface area (Å²) >= 11 is 0. The van der Waals surface area contributed by atoms with E-state index < -0.39 is 36.4 Å². The lowest BCUT2D eigenvalue weighted by Gasteiger charge is -2.14. The fourth-order valence-electron chi connectivity index (χ4n) is 2.26. The molecule has 2 aromatic carbocycles. The van der Waals surface area contributed by atoms with E-state index in [1.54, 1.807) is 42.5 Å². The Kier molecular flexibility index (Phi) is 7.27. The van der Waals surface area contributed by atoms with Gasteiger partial charge in [0.2, 0.25) is 0 Å². The molecule has 2 rings (SSSR count).